The van der Waals surface area contributed by atoms with Gasteiger partial charge in [-0.05, 0) is 24.3 Å². The molecule has 0 aliphatic heterocycles. The number of H-pyrrole nitrogens is 1. The van der Waals surface area contributed by atoms with Gasteiger partial charge >= 0.3 is 0 Å². The number of ether oxygens (including phenoxy) is 3. The van der Waals surface area contributed by atoms with Gasteiger partial charge in [0.1, 0.15) is 0 Å². The number of carbonyl (C=O) groups is 1. The van der Waals surface area contributed by atoms with E-state index in [1.165, 1.54) is 21.3 Å². The summed E-state index contributed by atoms with van der Waals surface area (Å²) in [5.74, 6) is 1.17. The molecule has 3 N–H and O–H groups in total. The van der Waals surface area contributed by atoms with Gasteiger partial charge in [0.2, 0.25) is 5.75 Å². The molecule has 0 radical (unpaired) electrons. The van der Waals surface area contributed by atoms with Crippen LogP contribution in [-0.2, 0) is 0 Å². The van der Waals surface area contributed by atoms with E-state index < -0.39 is 0 Å². The van der Waals surface area contributed by atoms with Crippen LogP contribution in [0, 0.1) is 0 Å². The Labute approximate surface area is 139 Å². The molecule has 0 aliphatic rings. The number of benzene rings is 2. The number of anilines is 1. The van der Waals surface area contributed by atoms with E-state index >= 15 is 0 Å². The maximum atomic E-state index is 12.9. The molecule has 24 heavy (non-hydrogen) atoms. The molecule has 0 saturated heterocycles. The molecular weight excluding hydrogens is 308 g/mol. The fourth-order valence-electron chi connectivity index (χ4n) is 2.70. The van der Waals surface area contributed by atoms with Crippen molar-refractivity contribution < 1.29 is 19.0 Å². The van der Waals surface area contributed by atoms with Gasteiger partial charge in [0, 0.05) is 33.9 Å². The predicted molar refractivity (Wildman–Crippen MR) is 92.2 cm³/mol. The molecule has 0 amide bonds. The Morgan fingerprint density at radius 2 is 1.67 bits per heavy atom. The Hall–Kier alpha value is -3.15. The zero-order valence-corrected chi connectivity index (χ0v) is 13.7. The molecule has 2 aromatic carbocycles. The van der Waals surface area contributed by atoms with Crippen LogP contribution in [0.3, 0.4) is 0 Å². The molecule has 0 aliphatic carbocycles. The molecule has 0 atom stereocenters. The smallest absolute Gasteiger partial charge is 0.203 e. The number of nitrogens with two attached hydrogens (primary N) is 1. The lowest BCUT2D eigenvalue weighted by Gasteiger charge is -2.13. The normalized spacial score (nSPS) is 10.6. The van der Waals surface area contributed by atoms with Crippen LogP contribution in [-0.4, -0.2) is 32.1 Å². The zero-order chi connectivity index (χ0) is 17.3. The summed E-state index contributed by atoms with van der Waals surface area (Å²) in [6.07, 6.45) is 1.68. The number of nitrogen functional groups attached to an aromatic ring is 1. The summed E-state index contributed by atoms with van der Waals surface area (Å²) < 4.78 is 15.9. The molecule has 1 heterocycles. The monoisotopic (exact) mass is 326 g/mol. The standard InChI is InChI=1S/C18H18N2O4/c1-22-15-6-10(7-16(23-2)18(15)24-3)17(21)13-9-20-14-8-11(19)4-5-12(13)14/h4-9,20H,19H2,1-3H3. The Bertz CT molecular complexity index is 890. The third-order valence-electron chi connectivity index (χ3n) is 3.88. The van der Waals surface area contributed by atoms with Crippen molar-refractivity contribution in [1.29, 1.82) is 0 Å². The highest BCUT2D eigenvalue weighted by Gasteiger charge is 2.20. The van der Waals surface area contributed by atoms with Crippen molar-refractivity contribution >= 4 is 22.4 Å². The largest absolute Gasteiger partial charge is 0.493 e. The number of hydrogen-bond acceptors (Lipinski definition) is 5. The number of aromatic amines is 1. The zero-order valence-electron chi connectivity index (χ0n) is 13.7. The van der Waals surface area contributed by atoms with Crippen molar-refractivity contribution in [3.63, 3.8) is 0 Å². The van der Waals surface area contributed by atoms with Gasteiger partial charge in [-0.2, -0.15) is 0 Å². The molecule has 3 aromatic rings. The van der Waals surface area contributed by atoms with E-state index in [-0.39, 0.29) is 5.78 Å². The van der Waals surface area contributed by atoms with Gasteiger partial charge in [-0.1, -0.05) is 6.07 Å². The minimum atomic E-state index is -0.148. The summed E-state index contributed by atoms with van der Waals surface area (Å²) in [6.45, 7) is 0. The van der Waals surface area contributed by atoms with Crippen LogP contribution in [0.4, 0.5) is 5.69 Å². The lowest BCUT2D eigenvalue weighted by molar-refractivity contribution is 0.103. The number of hydrogen-bond donors (Lipinski definition) is 2. The fraction of sp³-hybridized carbons (Fsp3) is 0.167. The maximum Gasteiger partial charge on any atom is 0.203 e. The second-order valence-corrected chi connectivity index (χ2v) is 5.25. The summed E-state index contributed by atoms with van der Waals surface area (Å²) >= 11 is 0. The van der Waals surface area contributed by atoms with Crippen LogP contribution in [0.5, 0.6) is 17.2 Å². The number of fused-ring (bicyclic) bond motifs is 1. The fourth-order valence-corrected chi connectivity index (χ4v) is 2.70. The second-order valence-electron chi connectivity index (χ2n) is 5.25. The lowest BCUT2D eigenvalue weighted by atomic mass is 10.0. The predicted octanol–water partition coefficient (Wildman–Crippen LogP) is 3.01. The van der Waals surface area contributed by atoms with Gasteiger partial charge in [-0.15, -0.1) is 0 Å². The molecule has 0 spiro atoms. The van der Waals surface area contributed by atoms with Crippen molar-refractivity contribution in [2.24, 2.45) is 0 Å². The first-order valence-electron chi connectivity index (χ1n) is 7.30. The van der Waals surface area contributed by atoms with Gasteiger partial charge in [-0.25, -0.2) is 0 Å². The van der Waals surface area contributed by atoms with E-state index in [0.717, 1.165) is 10.9 Å². The number of aromatic nitrogens is 1. The number of rotatable bonds is 5. The Morgan fingerprint density at radius 1 is 1.00 bits per heavy atom. The molecule has 6 nitrogen and oxygen atoms in total. The molecule has 0 unspecified atom stereocenters. The van der Waals surface area contributed by atoms with Gasteiger partial charge in [-0.3, -0.25) is 4.79 Å². The van der Waals surface area contributed by atoms with E-state index in [4.69, 9.17) is 19.9 Å². The summed E-state index contributed by atoms with van der Waals surface area (Å²) in [7, 11) is 4.55. The van der Waals surface area contributed by atoms with Crippen molar-refractivity contribution in [1.82, 2.24) is 4.98 Å². The highest BCUT2D eigenvalue weighted by atomic mass is 16.5. The van der Waals surface area contributed by atoms with Crippen molar-refractivity contribution in [3.8, 4) is 17.2 Å². The van der Waals surface area contributed by atoms with E-state index in [1.807, 2.05) is 6.07 Å². The minimum absolute atomic E-state index is 0.148. The topological polar surface area (TPSA) is 86.6 Å². The molecular formula is C18H18N2O4. The first-order chi connectivity index (χ1) is 11.6. The third-order valence-corrected chi connectivity index (χ3v) is 3.88. The van der Waals surface area contributed by atoms with Gasteiger partial charge in [0.15, 0.2) is 17.3 Å². The Balaban J connectivity index is 2.12. The van der Waals surface area contributed by atoms with Crippen LogP contribution in [0.1, 0.15) is 15.9 Å². The van der Waals surface area contributed by atoms with Crippen LogP contribution < -0.4 is 19.9 Å². The third kappa shape index (κ3) is 2.52. The Morgan fingerprint density at radius 3 is 2.25 bits per heavy atom. The molecule has 124 valence electrons. The van der Waals surface area contributed by atoms with E-state index in [0.29, 0.717) is 34.1 Å². The van der Waals surface area contributed by atoms with Gasteiger partial charge in [0.05, 0.1) is 21.3 Å². The first-order valence-corrected chi connectivity index (χ1v) is 7.30. The molecule has 3 rings (SSSR count). The number of nitrogens with one attached hydrogen (secondary N) is 1. The second kappa shape index (κ2) is 6.16. The van der Waals surface area contributed by atoms with Crippen LogP contribution in [0.15, 0.2) is 36.5 Å². The summed E-state index contributed by atoms with van der Waals surface area (Å²) in [5.41, 5.74) is 8.22. The summed E-state index contributed by atoms with van der Waals surface area (Å²) in [6, 6.07) is 8.66. The molecule has 0 saturated carbocycles. The highest BCUT2D eigenvalue weighted by Crippen LogP contribution is 2.39. The maximum absolute atomic E-state index is 12.9. The van der Waals surface area contributed by atoms with Crippen LogP contribution in [0.25, 0.3) is 10.9 Å². The van der Waals surface area contributed by atoms with Crippen LogP contribution in [0.2, 0.25) is 0 Å². The van der Waals surface area contributed by atoms with Crippen molar-refractivity contribution in [2.45, 2.75) is 0 Å². The van der Waals surface area contributed by atoms with Crippen molar-refractivity contribution in [3.05, 3.63) is 47.7 Å². The number of carbonyl (C=O) groups excluding carboxylic acids is 1. The SMILES string of the molecule is COc1cc(C(=O)c2c[nH]c3cc(N)ccc23)cc(OC)c1OC. The molecule has 0 bridgehead atoms. The number of methoxy groups -OCH3 is 3. The highest BCUT2D eigenvalue weighted by molar-refractivity contribution is 6.17. The molecule has 1 aromatic heterocycles. The number of ketones is 1. The van der Waals surface area contributed by atoms with E-state index in [1.54, 1.807) is 30.5 Å². The quantitative estimate of drug-likeness (QED) is 0.556. The summed E-state index contributed by atoms with van der Waals surface area (Å²) in [5, 5.41) is 0.808. The average Bonchev–Trinajstić information content (AvgIpc) is 3.02. The first kappa shape index (κ1) is 15.7. The molecule has 6 heteroatoms. The lowest BCUT2D eigenvalue weighted by Crippen LogP contribution is -2.03. The van der Waals surface area contributed by atoms with Crippen molar-refractivity contribution in [2.75, 3.05) is 27.1 Å². The van der Waals surface area contributed by atoms with Crippen LogP contribution >= 0.6 is 0 Å². The average molecular weight is 326 g/mol. The Kier molecular flexibility index (Phi) is 4.04. The summed E-state index contributed by atoms with van der Waals surface area (Å²) in [4.78, 5) is 16.0. The van der Waals surface area contributed by atoms with E-state index in [2.05, 4.69) is 4.98 Å². The van der Waals surface area contributed by atoms with E-state index in [9.17, 15) is 4.79 Å². The van der Waals surface area contributed by atoms with Gasteiger partial charge in [0.25, 0.3) is 0 Å². The molecule has 0 fully saturated rings. The van der Waals surface area contributed by atoms with Gasteiger partial charge < -0.3 is 24.9 Å². The minimum Gasteiger partial charge on any atom is -0.493 e.